The smallest absolute Gasteiger partial charge is 0.171 e. The van der Waals surface area contributed by atoms with Gasteiger partial charge in [0.2, 0.25) is 0 Å². The Kier molecular flexibility index (Phi) is 2.47. The Balaban J connectivity index is 2.07. The van der Waals surface area contributed by atoms with E-state index in [4.69, 9.17) is 10.00 Å². The van der Waals surface area contributed by atoms with Crippen molar-refractivity contribution in [1.82, 2.24) is 19.5 Å². The van der Waals surface area contributed by atoms with E-state index >= 15 is 0 Å². The molecule has 18 heavy (non-hydrogen) atoms. The van der Waals surface area contributed by atoms with E-state index < -0.39 is 6.10 Å². The molecule has 92 valence electrons. The Hall–Kier alpha value is -2.04. The van der Waals surface area contributed by atoms with Crippen molar-refractivity contribution in [3.63, 3.8) is 0 Å². The van der Waals surface area contributed by atoms with Gasteiger partial charge in [0.25, 0.3) is 0 Å². The SMILES string of the molecule is C[C@H]1O[C@@H](n2cnc3c(C#N)ncnc32)C[C@@H]1O. The Morgan fingerprint density at radius 2 is 2.33 bits per heavy atom. The van der Waals surface area contributed by atoms with Crippen molar-refractivity contribution in [2.45, 2.75) is 31.8 Å². The Bertz CT molecular complexity index is 622. The highest BCUT2D eigenvalue weighted by molar-refractivity contribution is 5.75. The lowest BCUT2D eigenvalue weighted by molar-refractivity contribution is -0.00632. The standard InChI is InChI=1S/C11H11N5O2/c1-6-8(17)2-9(18-6)16-5-15-10-7(3-12)13-4-14-11(10)16/h4-6,8-9,17H,2H2,1H3/t6-,8+,9-/m1/s1. The predicted molar refractivity (Wildman–Crippen MR) is 60.2 cm³/mol. The lowest BCUT2D eigenvalue weighted by Gasteiger charge is -2.12. The average molecular weight is 245 g/mol. The maximum atomic E-state index is 9.70. The highest BCUT2D eigenvalue weighted by atomic mass is 16.5. The zero-order chi connectivity index (χ0) is 12.7. The molecule has 0 aromatic carbocycles. The van der Waals surface area contributed by atoms with Gasteiger partial charge in [-0.05, 0) is 6.92 Å². The minimum absolute atomic E-state index is 0.218. The number of rotatable bonds is 1. The second-order valence-corrected chi connectivity index (χ2v) is 4.26. The second-order valence-electron chi connectivity index (χ2n) is 4.26. The van der Waals surface area contributed by atoms with Crippen molar-refractivity contribution >= 4 is 11.2 Å². The van der Waals surface area contributed by atoms with Gasteiger partial charge in [0.1, 0.15) is 24.1 Å². The van der Waals surface area contributed by atoms with Crippen molar-refractivity contribution in [3.05, 3.63) is 18.3 Å². The van der Waals surface area contributed by atoms with E-state index in [1.807, 2.05) is 13.0 Å². The monoisotopic (exact) mass is 245 g/mol. The molecule has 3 rings (SSSR count). The van der Waals surface area contributed by atoms with Crippen LogP contribution in [0.15, 0.2) is 12.7 Å². The summed E-state index contributed by atoms with van der Waals surface area (Å²) in [5, 5.41) is 18.6. The van der Waals surface area contributed by atoms with Gasteiger partial charge < -0.3 is 9.84 Å². The van der Waals surface area contributed by atoms with Crippen molar-refractivity contribution in [2.75, 3.05) is 0 Å². The van der Waals surface area contributed by atoms with Crippen LogP contribution in [0.5, 0.6) is 0 Å². The number of imidazole rings is 1. The zero-order valence-corrected chi connectivity index (χ0v) is 9.69. The van der Waals surface area contributed by atoms with Crippen LogP contribution in [0.4, 0.5) is 0 Å². The summed E-state index contributed by atoms with van der Waals surface area (Å²) >= 11 is 0. The molecule has 0 amide bonds. The fraction of sp³-hybridized carbons (Fsp3) is 0.455. The zero-order valence-electron chi connectivity index (χ0n) is 9.69. The van der Waals surface area contributed by atoms with Gasteiger partial charge in [0.15, 0.2) is 11.3 Å². The van der Waals surface area contributed by atoms with Crippen LogP contribution >= 0.6 is 0 Å². The van der Waals surface area contributed by atoms with Crippen LogP contribution in [0.2, 0.25) is 0 Å². The quantitative estimate of drug-likeness (QED) is 0.779. The topological polar surface area (TPSA) is 96.9 Å². The first-order valence-corrected chi connectivity index (χ1v) is 5.62. The normalized spacial score (nSPS) is 27.5. The van der Waals surface area contributed by atoms with Crippen LogP contribution in [0.3, 0.4) is 0 Å². The van der Waals surface area contributed by atoms with Crippen molar-refractivity contribution in [2.24, 2.45) is 0 Å². The Morgan fingerprint density at radius 3 is 3.00 bits per heavy atom. The van der Waals surface area contributed by atoms with Gasteiger partial charge in [-0.15, -0.1) is 0 Å². The number of aliphatic hydroxyl groups excluding tert-OH is 1. The molecule has 0 bridgehead atoms. The lowest BCUT2D eigenvalue weighted by atomic mass is 10.2. The number of hydrogen-bond donors (Lipinski definition) is 1. The molecule has 1 fully saturated rings. The molecule has 7 nitrogen and oxygen atoms in total. The average Bonchev–Trinajstić information content (AvgIpc) is 2.93. The molecule has 1 aliphatic heterocycles. The second kappa shape index (κ2) is 4.01. The van der Waals surface area contributed by atoms with Crippen LogP contribution in [0.25, 0.3) is 11.2 Å². The number of fused-ring (bicyclic) bond motifs is 1. The molecule has 2 aromatic heterocycles. The summed E-state index contributed by atoms with van der Waals surface area (Å²) in [6, 6.07) is 1.97. The van der Waals surface area contributed by atoms with Crippen molar-refractivity contribution < 1.29 is 9.84 Å². The number of nitrogens with zero attached hydrogens (tertiary/aromatic N) is 5. The molecule has 0 unspecified atom stereocenters. The van der Waals surface area contributed by atoms with Crippen LogP contribution in [-0.4, -0.2) is 36.8 Å². The van der Waals surface area contributed by atoms with Crippen LogP contribution < -0.4 is 0 Å². The van der Waals surface area contributed by atoms with E-state index in [9.17, 15) is 5.11 Å². The summed E-state index contributed by atoms with van der Waals surface area (Å²) in [5.74, 6) is 0. The third kappa shape index (κ3) is 1.54. The molecule has 0 radical (unpaired) electrons. The molecule has 2 aromatic rings. The van der Waals surface area contributed by atoms with Gasteiger partial charge in [0, 0.05) is 6.42 Å². The summed E-state index contributed by atoms with van der Waals surface area (Å²) < 4.78 is 7.36. The lowest BCUT2D eigenvalue weighted by Crippen LogP contribution is -2.15. The van der Waals surface area contributed by atoms with Gasteiger partial charge in [-0.25, -0.2) is 15.0 Å². The minimum atomic E-state index is -0.496. The van der Waals surface area contributed by atoms with Crippen LogP contribution in [-0.2, 0) is 4.74 Å². The van der Waals surface area contributed by atoms with E-state index in [2.05, 4.69) is 15.0 Å². The first-order chi connectivity index (χ1) is 8.70. The molecule has 0 aliphatic carbocycles. The highest BCUT2D eigenvalue weighted by Crippen LogP contribution is 2.30. The van der Waals surface area contributed by atoms with Crippen molar-refractivity contribution in [1.29, 1.82) is 5.26 Å². The van der Waals surface area contributed by atoms with Gasteiger partial charge in [0.05, 0.1) is 18.5 Å². The summed E-state index contributed by atoms with van der Waals surface area (Å²) in [7, 11) is 0. The number of nitriles is 1. The Labute approximate surface area is 103 Å². The molecule has 1 aliphatic rings. The molecular weight excluding hydrogens is 234 g/mol. The van der Waals surface area contributed by atoms with Crippen molar-refractivity contribution in [3.8, 4) is 6.07 Å². The van der Waals surface area contributed by atoms with E-state index in [-0.39, 0.29) is 18.0 Å². The van der Waals surface area contributed by atoms with E-state index in [1.54, 1.807) is 10.9 Å². The van der Waals surface area contributed by atoms with Gasteiger partial charge in [-0.1, -0.05) is 0 Å². The van der Waals surface area contributed by atoms with Crippen LogP contribution in [0, 0.1) is 11.3 Å². The van der Waals surface area contributed by atoms with Crippen LogP contribution in [0.1, 0.15) is 25.3 Å². The van der Waals surface area contributed by atoms with Gasteiger partial charge >= 0.3 is 0 Å². The molecule has 7 heteroatoms. The summed E-state index contributed by atoms with van der Waals surface area (Å²) in [5.41, 5.74) is 1.25. The third-order valence-corrected chi connectivity index (χ3v) is 3.13. The van der Waals surface area contributed by atoms with E-state index in [0.717, 1.165) is 0 Å². The number of hydrogen-bond acceptors (Lipinski definition) is 6. The minimum Gasteiger partial charge on any atom is -0.390 e. The number of aliphatic hydroxyl groups is 1. The van der Waals surface area contributed by atoms with Gasteiger partial charge in [-0.2, -0.15) is 5.26 Å². The fourth-order valence-corrected chi connectivity index (χ4v) is 2.12. The van der Waals surface area contributed by atoms with E-state index in [0.29, 0.717) is 17.6 Å². The third-order valence-electron chi connectivity index (χ3n) is 3.13. The summed E-state index contributed by atoms with van der Waals surface area (Å²) in [4.78, 5) is 12.1. The summed E-state index contributed by atoms with van der Waals surface area (Å²) in [6.07, 6.45) is 2.36. The number of ether oxygens (including phenoxy) is 1. The molecule has 3 heterocycles. The first kappa shape index (κ1) is 11.1. The molecule has 1 saturated heterocycles. The molecular formula is C11H11N5O2. The maximum Gasteiger partial charge on any atom is 0.171 e. The molecule has 0 spiro atoms. The fourth-order valence-electron chi connectivity index (χ4n) is 2.12. The molecule has 1 N–H and O–H groups in total. The first-order valence-electron chi connectivity index (χ1n) is 5.62. The predicted octanol–water partition coefficient (Wildman–Crippen LogP) is 0.366. The Morgan fingerprint density at radius 1 is 1.50 bits per heavy atom. The summed E-state index contributed by atoms with van der Waals surface area (Å²) in [6.45, 7) is 1.82. The van der Waals surface area contributed by atoms with Gasteiger partial charge in [-0.3, -0.25) is 4.57 Å². The number of aromatic nitrogens is 4. The highest BCUT2D eigenvalue weighted by Gasteiger charge is 2.32. The maximum absolute atomic E-state index is 9.70. The molecule has 0 saturated carbocycles. The molecule has 3 atom stereocenters. The van der Waals surface area contributed by atoms with E-state index in [1.165, 1.54) is 6.33 Å². The largest absolute Gasteiger partial charge is 0.390 e.